The molecule has 0 saturated heterocycles. The number of para-hydroxylation sites is 1. The fourth-order valence-corrected chi connectivity index (χ4v) is 4.40. The van der Waals surface area contributed by atoms with Crippen molar-refractivity contribution in [3.05, 3.63) is 94.7 Å². The lowest BCUT2D eigenvalue weighted by atomic mass is 10.1. The van der Waals surface area contributed by atoms with Crippen molar-refractivity contribution in [2.45, 2.75) is 24.5 Å². The molecule has 162 valence electrons. The summed E-state index contributed by atoms with van der Waals surface area (Å²) in [5, 5.41) is 3.94. The average molecular weight is 446 g/mol. The van der Waals surface area contributed by atoms with Gasteiger partial charge in [0.25, 0.3) is 5.91 Å². The molecule has 0 aliphatic rings. The maximum absolute atomic E-state index is 13.0. The predicted octanol–water partition coefficient (Wildman–Crippen LogP) is 6.38. The Morgan fingerprint density at radius 3 is 2.50 bits per heavy atom. The fraction of sp³-hybridized carbons (Fsp3) is 0.154. The first-order valence-electron chi connectivity index (χ1n) is 10.2. The lowest BCUT2D eigenvalue weighted by molar-refractivity contribution is 0.0600. The van der Waals surface area contributed by atoms with Gasteiger partial charge in [0.1, 0.15) is 5.58 Å². The van der Waals surface area contributed by atoms with Crippen molar-refractivity contribution in [3.63, 3.8) is 0 Å². The molecule has 0 spiro atoms. The molecule has 1 aromatic heterocycles. The number of esters is 1. The summed E-state index contributed by atoms with van der Waals surface area (Å²) in [6.07, 6.45) is 0. The smallest absolute Gasteiger partial charge is 0.337 e. The number of aryl methyl sites for hydroxylation is 2. The number of nitrogens with one attached hydrogen (secondary N) is 1. The minimum Gasteiger partial charge on any atom is -0.465 e. The van der Waals surface area contributed by atoms with E-state index in [1.165, 1.54) is 7.11 Å². The second kappa shape index (κ2) is 9.32. The van der Waals surface area contributed by atoms with Crippen molar-refractivity contribution >= 4 is 40.3 Å². The van der Waals surface area contributed by atoms with Crippen LogP contribution >= 0.6 is 11.8 Å². The summed E-state index contributed by atoms with van der Waals surface area (Å²) in [4.78, 5) is 25.5. The van der Waals surface area contributed by atoms with Crippen LogP contribution in [0, 0.1) is 13.8 Å². The van der Waals surface area contributed by atoms with Gasteiger partial charge in [-0.25, -0.2) is 4.79 Å². The van der Waals surface area contributed by atoms with Gasteiger partial charge < -0.3 is 14.5 Å². The Labute approximate surface area is 190 Å². The van der Waals surface area contributed by atoms with Crippen LogP contribution < -0.4 is 5.32 Å². The van der Waals surface area contributed by atoms with E-state index >= 15 is 0 Å². The normalized spacial score (nSPS) is 10.8. The van der Waals surface area contributed by atoms with Gasteiger partial charge in [0, 0.05) is 21.6 Å². The van der Waals surface area contributed by atoms with Crippen LogP contribution in [-0.4, -0.2) is 19.0 Å². The number of ether oxygens (including phenoxy) is 1. The van der Waals surface area contributed by atoms with Crippen LogP contribution in [0.15, 0.2) is 76.0 Å². The number of amides is 1. The van der Waals surface area contributed by atoms with Crippen LogP contribution in [0.4, 0.5) is 5.69 Å². The van der Waals surface area contributed by atoms with Crippen LogP contribution in [-0.2, 0) is 10.5 Å². The van der Waals surface area contributed by atoms with Crippen LogP contribution in [0.2, 0.25) is 0 Å². The molecule has 4 aromatic rings. The summed E-state index contributed by atoms with van der Waals surface area (Å²) in [6.45, 7) is 3.89. The van der Waals surface area contributed by atoms with E-state index in [-0.39, 0.29) is 11.9 Å². The second-order valence-corrected chi connectivity index (χ2v) is 8.50. The van der Waals surface area contributed by atoms with Crippen LogP contribution in [0.3, 0.4) is 0 Å². The third kappa shape index (κ3) is 4.55. The number of thioether (sulfide) groups is 1. The number of fused-ring (bicyclic) bond motifs is 1. The molecule has 0 fully saturated rings. The molecule has 0 aliphatic heterocycles. The van der Waals surface area contributed by atoms with E-state index < -0.39 is 0 Å². The largest absolute Gasteiger partial charge is 0.465 e. The van der Waals surface area contributed by atoms with Crippen molar-refractivity contribution < 1.29 is 18.7 Å². The average Bonchev–Trinajstić information content (AvgIpc) is 3.14. The quantitative estimate of drug-likeness (QED) is 0.275. The Bertz CT molecular complexity index is 1290. The number of hydrogen-bond donors (Lipinski definition) is 1. The number of rotatable bonds is 6. The maximum atomic E-state index is 13.0. The highest BCUT2D eigenvalue weighted by Crippen LogP contribution is 2.32. The van der Waals surface area contributed by atoms with E-state index in [9.17, 15) is 9.59 Å². The summed E-state index contributed by atoms with van der Waals surface area (Å²) in [5.41, 5.74) is 4.93. The third-order valence-electron chi connectivity index (χ3n) is 5.20. The molecule has 0 bridgehead atoms. The molecule has 32 heavy (non-hydrogen) atoms. The number of hydrogen-bond acceptors (Lipinski definition) is 5. The van der Waals surface area contributed by atoms with E-state index in [2.05, 4.69) is 5.32 Å². The molecule has 5 nitrogen and oxygen atoms in total. The molecule has 1 heterocycles. The highest BCUT2D eigenvalue weighted by molar-refractivity contribution is 7.98. The maximum Gasteiger partial charge on any atom is 0.337 e. The van der Waals surface area contributed by atoms with Crippen molar-refractivity contribution in [2.75, 3.05) is 12.4 Å². The molecule has 1 N–H and O–H groups in total. The number of furan rings is 1. The Morgan fingerprint density at radius 2 is 1.75 bits per heavy atom. The van der Waals surface area contributed by atoms with Crippen molar-refractivity contribution in [1.29, 1.82) is 0 Å². The van der Waals surface area contributed by atoms with Gasteiger partial charge in [-0.3, -0.25) is 4.79 Å². The summed E-state index contributed by atoms with van der Waals surface area (Å²) in [7, 11) is 1.37. The zero-order valence-corrected chi connectivity index (χ0v) is 18.9. The molecule has 0 radical (unpaired) electrons. The molecule has 0 unspecified atom stereocenters. The summed E-state index contributed by atoms with van der Waals surface area (Å²) in [6, 6.07) is 20.9. The number of benzene rings is 3. The molecule has 0 atom stereocenters. The van der Waals surface area contributed by atoms with E-state index in [0.29, 0.717) is 22.7 Å². The van der Waals surface area contributed by atoms with Crippen molar-refractivity contribution in [1.82, 2.24) is 0 Å². The second-order valence-electron chi connectivity index (χ2n) is 7.48. The SMILES string of the molecule is COC(=O)c1ccc(CSc2ccccc2NC(=O)c2oc3cc(C)ccc3c2C)cc1. The van der Waals surface area contributed by atoms with Crippen molar-refractivity contribution in [2.24, 2.45) is 0 Å². The lowest BCUT2D eigenvalue weighted by Gasteiger charge is -2.10. The number of methoxy groups -OCH3 is 1. The molecular weight excluding hydrogens is 422 g/mol. The molecule has 1 amide bonds. The molecular formula is C26H23NO4S. The Morgan fingerprint density at radius 1 is 1.00 bits per heavy atom. The van der Waals surface area contributed by atoms with Crippen molar-refractivity contribution in [3.8, 4) is 0 Å². The number of carbonyl (C=O) groups is 2. The first-order valence-corrected chi connectivity index (χ1v) is 11.1. The van der Waals surface area contributed by atoms with E-state index in [1.807, 2.05) is 68.4 Å². The van der Waals surface area contributed by atoms with Gasteiger partial charge in [0.05, 0.1) is 18.4 Å². The standard InChI is InChI=1S/C26H23NO4S/c1-16-8-13-20-17(2)24(31-22(20)14-16)25(28)27-21-6-4-5-7-23(21)32-15-18-9-11-19(12-10-18)26(29)30-3/h4-14H,15H2,1-3H3,(H,27,28). The topological polar surface area (TPSA) is 68.5 Å². The Kier molecular flexibility index (Phi) is 6.32. The Hall–Kier alpha value is -3.51. The lowest BCUT2D eigenvalue weighted by Crippen LogP contribution is -2.12. The van der Waals surface area contributed by atoms with Gasteiger partial charge in [-0.15, -0.1) is 11.8 Å². The summed E-state index contributed by atoms with van der Waals surface area (Å²) in [5.74, 6) is 0.390. The van der Waals surface area contributed by atoms with Gasteiger partial charge in [0.2, 0.25) is 0 Å². The molecule has 6 heteroatoms. The number of carbonyl (C=O) groups excluding carboxylic acids is 2. The van der Waals surface area contributed by atoms with Crippen LogP contribution in [0.1, 0.15) is 37.6 Å². The number of anilines is 1. The zero-order valence-electron chi connectivity index (χ0n) is 18.1. The van der Waals surface area contributed by atoms with Crippen LogP contribution in [0.25, 0.3) is 11.0 Å². The highest BCUT2D eigenvalue weighted by Gasteiger charge is 2.19. The van der Waals surface area contributed by atoms with E-state index in [1.54, 1.807) is 23.9 Å². The highest BCUT2D eigenvalue weighted by atomic mass is 32.2. The summed E-state index contributed by atoms with van der Waals surface area (Å²) >= 11 is 1.61. The molecule has 0 saturated carbocycles. The monoisotopic (exact) mass is 445 g/mol. The summed E-state index contributed by atoms with van der Waals surface area (Å²) < 4.78 is 10.6. The van der Waals surface area contributed by atoms with Gasteiger partial charge in [-0.2, -0.15) is 0 Å². The first kappa shape index (κ1) is 21.7. The molecule has 4 rings (SSSR count). The van der Waals surface area contributed by atoms with Crippen LogP contribution in [0.5, 0.6) is 0 Å². The fourth-order valence-electron chi connectivity index (χ4n) is 3.44. The molecule has 3 aromatic carbocycles. The third-order valence-corrected chi connectivity index (χ3v) is 6.35. The van der Waals surface area contributed by atoms with Gasteiger partial charge in [-0.05, 0) is 55.3 Å². The molecule has 0 aliphatic carbocycles. The zero-order chi connectivity index (χ0) is 22.7. The predicted molar refractivity (Wildman–Crippen MR) is 127 cm³/mol. The van der Waals surface area contributed by atoms with E-state index in [4.69, 9.17) is 9.15 Å². The minimum atomic E-state index is -0.353. The van der Waals surface area contributed by atoms with E-state index in [0.717, 1.165) is 32.7 Å². The Balaban J connectivity index is 1.49. The van der Waals surface area contributed by atoms with Gasteiger partial charge >= 0.3 is 5.97 Å². The van der Waals surface area contributed by atoms with Gasteiger partial charge in [-0.1, -0.05) is 36.4 Å². The van der Waals surface area contributed by atoms with Gasteiger partial charge in [0.15, 0.2) is 5.76 Å². The first-order chi connectivity index (χ1) is 15.5. The minimum absolute atomic E-state index is 0.271.